The van der Waals surface area contributed by atoms with E-state index < -0.39 is 22.2 Å². The van der Waals surface area contributed by atoms with Gasteiger partial charge in [0.15, 0.2) is 0 Å². The van der Waals surface area contributed by atoms with Gasteiger partial charge in [0.25, 0.3) is 0 Å². The van der Waals surface area contributed by atoms with E-state index in [0.717, 1.165) is 16.7 Å². The van der Waals surface area contributed by atoms with E-state index in [2.05, 4.69) is 0 Å². The Labute approximate surface area is 153 Å². The molecular formula is C20H21NO4S. The summed E-state index contributed by atoms with van der Waals surface area (Å²) in [5, 5.41) is 0. The highest BCUT2D eigenvalue weighted by Gasteiger charge is 2.44. The number of carbonyl (C=O) groups excluding carboxylic acids is 1. The number of hydrogen-bond donors (Lipinski definition) is 0. The lowest BCUT2D eigenvalue weighted by Crippen LogP contribution is -2.45. The van der Waals surface area contributed by atoms with Crippen LogP contribution in [0.5, 0.6) is 0 Å². The Kier molecular flexibility index (Phi) is 4.32. The SMILES string of the molecule is Cc1ccc(S(=O)(=O)N2CCc3ccccc3[C@H]2[C@@H]2CCC(=O)O2)cc1. The van der Waals surface area contributed by atoms with Gasteiger partial charge in [-0.25, -0.2) is 8.42 Å². The summed E-state index contributed by atoms with van der Waals surface area (Å²) in [6.07, 6.45) is 1.09. The number of sulfonamides is 1. The van der Waals surface area contributed by atoms with Crippen molar-refractivity contribution in [2.24, 2.45) is 0 Å². The molecular weight excluding hydrogens is 350 g/mol. The lowest BCUT2D eigenvalue weighted by Gasteiger charge is -2.38. The van der Waals surface area contributed by atoms with Gasteiger partial charge in [-0.15, -0.1) is 0 Å². The maximum atomic E-state index is 13.3. The number of esters is 1. The van der Waals surface area contributed by atoms with Crippen molar-refractivity contribution in [3.05, 3.63) is 65.2 Å². The third kappa shape index (κ3) is 2.93. The summed E-state index contributed by atoms with van der Waals surface area (Å²) in [4.78, 5) is 12.0. The number of carbonyl (C=O) groups is 1. The van der Waals surface area contributed by atoms with Crippen molar-refractivity contribution >= 4 is 16.0 Å². The summed E-state index contributed by atoms with van der Waals surface area (Å²) in [6.45, 7) is 2.31. The van der Waals surface area contributed by atoms with Gasteiger partial charge in [0.2, 0.25) is 10.0 Å². The van der Waals surface area contributed by atoms with Crippen molar-refractivity contribution in [1.82, 2.24) is 4.31 Å². The number of hydrogen-bond acceptors (Lipinski definition) is 4. The number of rotatable bonds is 3. The van der Waals surface area contributed by atoms with Gasteiger partial charge < -0.3 is 4.74 Å². The van der Waals surface area contributed by atoms with E-state index in [1.54, 1.807) is 24.3 Å². The Bertz CT molecular complexity index is 937. The van der Waals surface area contributed by atoms with Crippen LogP contribution in [0.4, 0.5) is 0 Å². The smallest absolute Gasteiger partial charge is 0.306 e. The van der Waals surface area contributed by atoms with Gasteiger partial charge in [-0.3, -0.25) is 4.79 Å². The Balaban J connectivity index is 1.79. The van der Waals surface area contributed by atoms with Gasteiger partial charge in [-0.1, -0.05) is 42.0 Å². The molecule has 0 aliphatic carbocycles. The summed E-state index contributed by atoms with van der Waals surface area (Å²) in [6, 6.07) is 14.2. The number of cyclic esters (lactones) is 1. The quantitative estimate of drug-likeness (QED) is 0.778. The zero-order valence-electron chi connectivity index (χ0n) is 14.6. The molecule has 2 atom stereocenters. The average Bonchev–Trinajstić information content (AvgIpc) is 3.07. The molecule has 0 unspecified atom stereocenters. The van der Waals surface area contributed by atoms with Crippen LogP contribution in [0.3, 0.4) is 0 Å². The summed E-state index contributed by atoms with van der Waals surface area (Å²) in [5.41, 5.74) is 3.07. The molecule has 1 saturated heterocycles. The molecule has 0 aromatic heterocycles. The minimum Gasteiger partial charge on any atom is -0.460 e. The molecule has 0 saturated carbocycles. The van der Waals surface area contributed by atoms with Gasteiger partial charge in [0, 0.05) is 13.0 Å². The molecule has 136 valence electrons. The second kappa shape index (κ2) is 6.52. The van der Waals surface area contributed by atoms with Crippen molar-refractivity contribution in [3.63, 3.8) is 0 Å². The van der Waals surface area contributed by atoms with E-state index in [0.29, 0.717) is 25.8 Å². The minimum atomic E-state index is -3.68. The number of ether oxygens (including phenoxy) is 1. The molecule has 2 aromatic carbocycles. The first-order valence-electron chi connectivity index (χ1n) is 8.82. The van der Waals surface area contributed by atoms with Gasteiger partial charge in [0.1, 0.15) is 6.10 Å². The van der Waals surface area contributed by atoms with Gasteiger partial charge in [-0.2, -0.15) is 4.31 Å². The lowest BCUT2D eigenvalue weighted by atomic mass is 9.90. The van der Waals surface area contributed by atoms with Gasteiger partial charge in [0.05, 0.1) is 10.9 Å². The van der Waals surface area contributed by atoms with Crippen molar-refractivity contribution in [1.29, 1.82) is 0 Å². The van der Waals surface area contributed by atoms with Crippen molar-refractivity contribution in [3.8, 4) is 0 Å². The number of benzene rings is 2. The Morgan fingerprint density at radius 2 is 1.77 bits per heavy atom. The van der Waals surface area contributed by atoms with Crippen LogP contribution < -0.4 is 0 Å². The molecule has 2 heterocycles. The average molecular weight is 371 g/mol. The van der Waals surface area contributed by atoms with Crippen molar-refractivity contribution in [2.45, 2.75) is 43.2 Å². The zero-order valence-corrected chi connectivity index (χ0v) is 15.4. The predicted octanol–water partition coefficient (Wildman–Crippen LogP) is 2.99. The third-order valence-electron chi connectivity index (χ3n) is 5.18. The molecule has 0 amide bonds. The normalized spacial score (nSPS) is 23.5. The molecule has 0 radical (unpaired) electrons. The molecule has 2 aliphatic heterocycles. The van der Waals surface area contributed by atoms with E-state index >= 15 is 0 Å². The Morgan fingerprint density at radius 1 is 1.04 bits per heavy atom. The van der Waals surface area contributed by atoms with E-state index in [1.807, 2.05) is 31.2 Å². The molecule has 4 rings (SSSR count). The maximum Gasteiger partial charge on any atom is 0.306 e. The fraction of sp³-hybridized carbons (Fsp3) is 0.350. The highest BCUT2D eigenvalue weighted by atomic mass is 32.2. The van der Waals surface area contributed by atoms with Gasteiger partial charge >= 0.3 is 5.97 Å². The van der Waals surface area contributed by atoms with Crippen LogP contribution >= 0.6 is 0 Å². The number of fused-ring (bicyclic) bond motifs is 1. The summed E-state index contributed by atoms with van der Waals surface area (Å²) in [7, 11) is -3.68. The van der Waals surface area contributed by atoms with Crippen molar-refractivity contribution in [2.75, 3.05) is 6.54 Å². The molecule has 0 bridgehead atoms. The van der Waals surface area contributed by atoms with Crippen LogP contribution in [0.25, 0.3) is 0 Å². The summed E-state index contributed by atoms with van der Waals surface area (Å²) >= 11 is 0. The van der Waals surface area contributed by atoms with Crippen LogP contribution in [-0.2, 0) is 26.0 Å². The Morgan fingerprint density at radius 3 is 2.46 bits per heavy atom. The molecule has 5 nitrogen and oxygen atoms in total. The first kappa shape index (κ1) is 17.2. The molecule has 1 fully saturated rings. The van der Waals surface area contributed by atoms with Crippen LogP contribution in [0.2, 0.25) is 0 Å². The molecule has 0 N–H and O–H groups in total. The zero-order chi connectivity index (χ0) is 18.3. The molecule has 26 heavy (non-hydrogen) atoms. The minimum absolute atomic E-state index is 0.259. The molecule has 2 aliphatic rings. The van der Waals surface area contributed by atoms with Crippen LogP contribution in [0.1, 0.15) is 35.6 Å². The maximum absolute atomic E-state index is 13.3. The largest absolute Gasteiger partial charge is 0.460 e. The second-order valence-electron chi connectivity index (χ2n) is 6.89. The fourth-order valence-electron chi connectivity index (χ4n) is 3.85. The van der Waals surface area contributed by atoms with E-state index in [1.165, 1.54) is 4.31 Å². The Hall–Kier alpha value is -2.18. The highest BCUT2D eigenvalue weighted by Crippen LogP contribution is 2.40. The molecule has 6 heteroatoms. The van der Waals surface area contributed by atoms with Crippen molar-refractivity contribution < 1.29 is 17.9 Å². The number of aryl methyl sites for hydroxylation is 1. The summed E-state index contributed by atoms with van der Waals surface area (Å²) in [5.74, 6) is -0.259. The van der Waals surface area contributed by atoms with E-state index in [-0.39, 0.29) is 10.9 Å². The number of nitrogens with zero attached hydrogens (tertiary/aromatic N) is 1. The highest BCUT2D eigenvalue weighted by molar-refractivity contribution is 7.89. The van der Waals surface area contributed by atoms with Crippen LogP contribution in [-0.4, -0.2) is 31.3 Å². The lowest BCUT2D eigenvalue weighted by molar-refractivity contribution is -0.143. The van der Waals surface area contributed by atoms with E-state index in [4.69, 9.17) is 4.74 Å². The fourth-order valence-corrected chi connectivity index (χ4v) is 5.48. The van der Waals surface area contributed by atoms with E-state index in [9.17, 15) is 13.2 Å². The third-order valence-corrected chi connectivity index (χ3v) is 7.08. The second-order valence-corrected chi connectivity index (χ2v) is 8.78. The topological polar surface area (TPSA) is 63.7 Å². The van der Waals surface area contributed by atoms with Crippen LogP contribution in [0, 0.1) is 6.92 Å². The standard InChI is InChI=1S/C20H21NO4S/c1-14-6-8-16(9-7-14)26(23,24)21-13-12-15-4-2-3-5-17(15)20(21)18-10-11-19(22)25-18/h2-9,18,20H,10-13H2,1H3/t18-,20-/m0/s1. The molecule has 0 spiro atoms. The molecule has 2 aromatic rings. The summed E-state index contributed by atoms with van der Waals surface area (Å²) < 4.78 is 33.7. The van der Waals surface area contributed by atoms with Gasteiger partial charge in [-0.05, 0) is 43.0 Å². The predicted molar refractivity (Wildman–Crippen MR) is 97.1 cm³/mol. The first-order valence-corrected chi connectivity index (χ1v) is 10.3. The van der Waals surface area contributed by atoms with Crippen LogP contribution in [0.15, 0.2) is 53.4 Å². The first-order chi connectivity index (χ1) is 12.5. The monoisotopic (exact) mass is 371 g/mol.